The third-order valence-electron chi connectivity index (χ3n) is 3.20. The number of benzene rings is 1. The molecule has 5 heteroatoms. The van der Waals surface area contributed by atoms with E-state index >= 15 is 0 Å². The van der Waals surface area contributed by atoms with Crippen molar-refractivity contribution >= 4 is 27.6 Å². The van der Waals surface area contributed by atoms with Gasteiger partial charge in [-0.2, -0.15) is 0 Å². The SMILES string of the molecule is CCC1COCCN1c1cc(Br)ccc1C(=O)O. The fourth-order valence-electron chi connectivity index (χ4n) is 2.23. The van der Waals surface area contributed by atoms with E-state index in [1.54, 1.807) is 12.1 Å². The summed E-state index contributed by atoms with van der Waals surface area (Å²) in [5.74, 6) is -0.890. The maximum absolute atomic E-state index is 11.3. The highest BCUT2D eigenvalue weighted by molar-refractivity contribution is 9.10. The van der Waals surface area contributed by atoms with Crippen molar-refractivity contribution in [3.8, 4) is 0 Å². The van der Waals surface area contributed by atoms with Gasteiger partial charge in [0.1, 0.15) is 0 Å². The van der Waals surface area contributed by atoms with Crippen molar-refractivity contribution in [1.82, 2.24) is 0 Å². The van der Waals surface area contributed by atoms with Gasteiger partial charge in [-0.1, -0.05) is 22.9 Å². The van der Waals surface area contributed by atoms with E-state index in [2.05, 4.69) is 27.8 Å². The van der Waals surface area contributed by atoms with Crippen LogP contribution in [-0.4, -0.2) is 36.9 Å². The first-order valence-electron chi connectivity index (χ1n) is 6.00. The fourth-order valence-corrected chi connectivity index (χ4v) is 2.58. The van der Waals surface area contributed by atoms with Crippen molar-refractivity contribution in [1.29, 1.82) is 0 Å². The lowest BCUT2D eigenvalue weighted by Gasteiger charge is -2.37. The minimum absolute atomic E-state index is 0.242. The molecule has 0 bridgehead atoms. The molecule has 1 unspecified atom stereocenters. The van der Waals surface area contributed by atoms with Crippen LogP contribution in [0.5, 0.6) is 0 Å². The topological polar surface area (TPSA) is 49.8 Å². The Morgan fingerprint density at radius 2 is 2.39 bits per heavy atom. The third-order valence-corrected chi connectivity index (χ3v) is 3.69. The highest BCUT2D eigenvalue weighted by Crippen LogP contribution is 2.28. The Bertz CT molecular complexity index is 450. The van der Waals surface area contributed by atoms with Gasteiger partial charge in [0.05, 0.1) is 30.5 Å². The molecule has 0 saturated carbocycles. The van der Waals surface area contributed by atoms with E-state index in [0.717, 1.165) is 23.1 Å². The second kappa shape index (κ2) is 5.71. The summed E-state index contributed by atoms with van der Waals surface area (Å²) in [6, 6.07) is 5.52. The van der Waals surface area contributed by atoms with Gasteiger partial charge in [0.25, 0.3) is 0 Å². The van der Waals surface area contributed by atoms with Crippen molar-refractivity contribution in [2.75, 3.05) is 24.7 Å². The molecule has 1 aliphatic rings. The molecule has 0 spiro atoms. The van der Waals surface area contributed by atoms with E-state index in [-0.39, 0.29) is 6.04 Å². The van der Waals surface area contributed by atoms with Crippen LogP contribution in [0.15, 0.2) is 22.7 Å². The molecule has 1 heterocycles. The van der Waals surface area contributed by atoms with Gasteiger partial charge in [-0.3, -0.25) is 0 Å². The van der Waals surface area contributed by atoms with Crippen molar-refractivity contribution in [3.63, 3.8) is 0 Å². The molecule has 1 saturated heterocycles. The number of aromatic carboxylic acids is 1. The molecule has 1 aliphatic heterocycles. The number of halogens is 1. The monoisotopic (exact) mass is 313 g/mol. The molecular weight excluding hydrogens is 298 g/mol. The largest absolute Gasteiger partial charge is 0.478 e. The van der Waals surface area contributed by atoms with Crippen LogP contribution >= 0.6 is 15.9 Å². The third kappa shape index (κ3) is 2.67. The molecule has 1 atom stereocenters. The van der Waals surface area contributed by atoms with Gasteiger partial charge in [-0.05, 0) is 24.6 Å². The minimum Gasteiger partial charge on any atom is -0.478 e. The first kappa shape index (κ1) is 13.4. The van der Waals surface area contributed by atoms with Crippen LogP contribution in [-0.2, 0) is 4.74 Å². The molecule has 0 amide bonds. The molecule has 0 aliphatic carbocycles. The number of hydrogen-bond acceptors (Lipinski definition) is 3. The lowest BCUT2D eigenvalue weighted by atomic mass is 10.1. The van der Waals surface area contributed by atoms with Gasteiger partial charge in [0, 0.05) is 11.0 Å². The quantitative estimate of drug-likeness (QED) is 0.932. The molecule has 0 aromatic heterocycles. The van der Waals surface area contributed by atoms with E-state index in [1.807, 2.05) is 6.07 Å². The summed E-state index contributed by atoms with van der Waals surface area (Å²) in [6.07, 6.45) is 0.936. The number of morpholine rings is 1. The molecule has 4 nitrogen and oxygen atoms in total. The number of anilines is 1. The Labute approximate surface area is 115 Å². The van der Waals surface area contributed by atoms with Gasteiger partial charge in [0.2, 0.25) is 0 Å². The lowest BCUT2D eigenvalue weighted by Crippen LogP contribution is -2.45. The molecule has 1 aromatic carbocycles. The zero-order valence-electron chi connectivity index (χ0n) is 10.2. The molecule has 2 rings (SSSR count). The summed E-state index contributed by atoms with van der Waals surface area (Å²) >= 11 is 3.40. The number of ether oxygens (including phenoxy) is 1. The van der Waals surface area contributed by atoms with Crippen LogP contribution in [0.2, 0.25) is 0 Å². The average molecular weight is 314 g/mol. The highest BCUT2D eigenvalue weighted by Gasteiger charge is 2.25. The smallest absolute Gasteiger partial charge is 0.337 e. The zero-order chi connectivity index (χ0) is 13.1. The fraction of sp³-hybridized carbons (Fsp3) is 0.462. The minimum atomic E-state index is -0.890. The predicted octanol–water partition coefficient (Wildman–Crippen LogP) is 2.76. The first-order chi connectivity index (χ1) is 8.63. The van der Waals surface area contributed by atoms with E-state index in [9.17, 15) is 9.90 Å². The van der Waals surface area contributed by atoms with Crippen LogP contribution in [0.25, 0.3) is 0 Å². The van der Waals surface area contributed by atoms with Crippen LogP contribution in [0.3, 0.4) is 0 Å². The van der Waals surface area contributed by atoms with E-state index in [0.29, 0.717) is 18.8 Å². The molecule has 18 heavy (non-hydrogen) atoms. The van der Waals surface area contributed by atoms with E-state index < -0.39 is 5.97 Å². The van der Waals surface area contributed by atoms with Crippen molar-refractivity contribution in [2.24, 2.45) is 0 Å². The molecule has 1 N–H and O–H groups in total. The number of carboxylic acids is 1. The Kier molecular flexibility index (Phi) is 4.24. The van der Waals surface area contributed by atoms with Gasteiger partial charge < -0.3 is 14.7 Å². The summed E-state index contributed by atoms with van der Waals surface area (Å²) in [6.45, 7) is 4.12. The molecule has 0 radical (unpaired) electrons. The Hall–Kier alpha value is -1.07. The van der Waals surface area contributed by atoms with Crippen LogP contribution < -0.4 is 4.90 Å². The summed E-state index contributed by atoms with van der Waals surface area (Å²) in [4.78, 5) is 13.4. The predicted molar refractivity (Wildman–Crippen MR) is 73.3 cm³/mol. The normalized spacial score (nSPS) is 19.9. The Morgan fingerprint density at radius 3 is 3.06 bits per heavy atom. The Morgan fingerprint density at radius 1 is 1.61 bits per heavy atom. The summed E-state index contributed by atoms with van der Waals surface area (Å²) < 4.78 is 6.35. The number of hydrogen-bond donors (Lipinski definition) is 1. The van der Waals surface area contributed by atoms with E-state index in [4.69, 9.17) is 4.74 Å². The first-order valence-corrected chi connectivity index (χ1v) is 6.80. The van der Waals surface area contributed by atoms with Gasteiger partial charge in [-0.25, -0.2) is 4.79 Å². The average Bonchev–Trinajstić information content (AvgIpc) is 2.38. The summed E-state index contributed by atoms with van der Waals surface area (Å²) in [5.41, 5.74) is 1.12. The number of carbonyl (C=O) groups is 1. The lowest BCUT2D eigenvalue weighted by molar-refractivity contribution is 0.0694. The number of nitrogens with zero attached hydrogens (tertiary/aromatic N) is 1. The standard InChI is InChI=1S/C13H16BrNO3/c1-2-10-8-18-6-5-15(10)12-7-9(14)3-4-11(12)13(16)17/h3-4,7,10H,2,5-6,8H2,1H3,(H,16,17). The maximum Gasteiger partial charge on any atom is 0.337 e. The van der Waals surface area contributed by atoms with Crippen LogP contribution in [0.4, 0.5) is 5.69 Å². The maximum atomic E-state index is 11.3. The van der Waals surface area contributed by atoms with Crippen LogP contribution in [0, 0.1) is 0 Å². The number of carboxylic acid groups (broad SMARTS) is 1. The second-order valence-electron chi connectivity index (χ2n) is 4.30. The number of rotatable bonds is 3. The second-order valence-corrected chi connectivity index (χ2v) is 5.21. The zero-order valence-corrected chi connectivity index (χ0v) is 11.8. The van der Waals surface area contributed by atoms with Gasteiger partial charge in [-0.15, -0.1) is 0 Å². The summed E-state index contributed by atoms with van der Waals surface area (Å²) in [7, 11) is 0. The van der Waals surface area contributed by atoms with Crippen LogP contribution in [0.1, 0.15) is 23.7 Å². The molecular formula is C13H16BrNO3. The van der Waals surface area contributed by atoms with Crippen molar-refractivity contribution in [3.05, 3.63) is 28.2 Å². The van der Waals surface area contributed by atoms with Crippen molar-refractivity contribution < 1.29 is 14.6 Å². The highest BCUT2D eigenvalue weighted by atomic mass is 79.9. The van der Waals surface area contributed by atoms with Gasteiger partial charge in [0.15, 0.2) is 0 Å². The van der Waals surface area contributed by atoms with Gasteiger partial charge >= 0.3 is 5.97 Å². The van der Waals surface area contributed by atoms with Crippen molar-refractivity contribution in [2.45, 2.75) is 19.4 Å². The van der Waals surface area contributed by atoms with E-state index in [1.165, 1.54) is 0 Å². The molecule has 98 valence electrons. The summed E-state index contributed by atoms with van der Waals surface area (Å²) in [5, 5.41) is 9.27. The Balaban J connectivity index is 2.41. The molecule has 1 aromatic rings. The molecule has 1 fully saturated rings.